The van der Waals surface area contributed by atoms with E-state index in [1.165, 1.54) is 0 Å². The molecule has 0 fully saturated rings. The van der Waals surface area contributed by atoms with Crippen molar-refractivity contribution in [2.75, 3.05) is 20.7 Å². The Labute approximate surface area is 106 Å². The number of likely N-dealkylation sites (N-methyl/N-ethyl adjacent to an activating group) is 1. The summed E-state index contributed by atoms with van der Waals surface area (Å²) in [6, 6.07) is 7.83. The molecule has 6 heteroatoms. The Bertz CT molecular complexity index is 497. The first kappa shape index (κ1) is 12.5. The van der Waals surface area contributed by atoms with Crippen molar-refractivity contribution in [3.8, 4) is 5.75 Å². The highest BCUT2D eigenvalue weighted by atomic mass is 16.5. The highest BCUT2D eigenvalue weighted by Crippen LogP contribution is 2.17. The molecule has 0 atom stereocenters. The van der Waals surface area contributed by atoms with Gasteiger partial charge in [0.2, 0.25) is 0 Å². The molecule has 0 bridgehead atoms. The van der Waals surface area contributed by atoms with Crippen LogP contribution in [0, 0.1) is 0 Å². The van der Waals surface area contributed by atoms with Gasteiger partial charge in [0, 0.05) is 18.5 Å². The van der Waals surface area contributed by atoms with Gasteiger partial charge < -0.3 is 10.1 Å². The van der Waals surface area contributed by atoms with Gasteiger partial charge in [-0.05, 0) is 18.3 Å². The zero-order valence-electron chi connectivity index (χ0n) is 10.6. The number of para-hydroxylation sites is 1. The van der Waals surface area contributed by atoms with E-state index in [1.807, 2.05) is 31.3 Å². The molecule has 18 heavy (non-hydrogen) atoms. The normalized spacial score (nSPS) is 10.6. The van der Waals surface area contributed by atoms with E-state index >= 15 is 0 Å². The number of rotatable bonds is 6. The summed E-state index contributed by atoms with van der Waals surface area (Å²) in [4.78, 5) is 1.59. The highest BCUT2D eigenvalue weighted by molar-refractivity contribution is 5.32. The number of tetrazole rings is 1. The minimum absolute atomic E-state index is 0.566. The summed E-state index contributed by atoms with van der Waals surface area (Å²) in [5.74, 6) is 1.59. The SMILES string of the molecule is CNCCc1nnn(Cc2ccccc2OC)n1. The third kappa shape index (κ3) is 3.04. The summed E-state index contributed by atoms with van der Waals surface area (Å²) in [5, 5.41) is 15.4. The quantitative estimate of drug-likeness (QED) is 0.805. The molecule has 0 spiro atoms. The number of nitrogens with zero attached hydrogens (tertiary/aromatic N) is 4. The minimum Gasteiger partial charge on any atom is -0.496 e. The Morgan fingerprint density at radius 3 is 2.94 bits per heavy atom. The zero-order chi connectivity index (χ0) is 12.8. The number of aromatic nitrogens is 4. The second kappa shape index (κ2) is 6.11. The molecule has 1 aromatic heterocycles. The molecule has 0 saturated carbocycles. The molecular formula is C12H17N5O. The van der Waals surface area contributed by atoms with E-state index in [4.69, 9.17) is 4.74 Å². The van der Waals surface area contributed by atoms with E-state index in [0.717, 1.165) is 30.1 Å². The van der Waals surface area contributed by atoms with Crippen molar-refractivity contribution in [3.05, 3.63) is 35.7 Å². The number of nitrogens with one attached hydrogen (secondary N) is 1. The minimum atomic E-state index is 0.566. The van der Waals surface area contributed by atoms with Crippen LogP contribution in [0.1, 0.15) is 11.4 Å². The van der Waals surface area contributed by atoms with Gasteiger partial charge >= 0.3 is 0 Å². The molecule has 0 unspecified atom stereocenters. The molecule has 2 rings (SSSR count). The molecule has 0 amide bonds. The summed E-state index contributed by atoms with van der Waals surface area (Å²) < 4.78 is 5.29. The maximum absolute atomic E-state index is 5.29. The van der Waals surface area contributed by atoms with Crippen molar-refractivity contribution in [2.24, 2.45) is 0 Å². The van der Waals surface area contributed by atoms with Crippen LogP contribution in [-0.4, -0.2) is 40.9 Å². The summed E-state index contributed by atoms with van der Waals surface area (Å²) in [5.41, 5.74) is 1.04. The van der Waals surface area contributed by atoms with Crippen LogP contribution < -0.4 is 10.1 Å². The average Bonchev–Trinajstić information content (AvgIpc) is 2.84. The number of methoxy groups -OCH3 is 1. The fourth-order valence-corrected chi connectivity index (χ4v) is 1.67. The van der Waals surface area contributed by atoms with Crippen LogP contribution in [0.3, 0.4) is 0 Å². The maximum atomic E-state index is 5.29. The Kier molecular flexibility index (Phi) is 4.25. The lowest BCUT2D eigenvalue weighted by atomic mass is 10.2. The van der Waals surface area contributed by atoms with Gasteiger partial charge in [-0.3, -0.25) is 0 Å². The summed E-state index contributed by atoms with van der Waals surface area (Å²) in [7, 11) is 3.56. The molecule has 96 valence electrons. The molecular weight excluding hydrogens is 230 g/mol. The van der Waals surface area contributed by atoms with Gasteiger partial charge in [-0.2, -0.15) is 4.80 Å². The fourth-order valence-electron chi connectivity index (χ4n) is 1.67. The Hall–Kier alpha value is -1.95. The third-order valence-electron chi connectivity index (χ3n) is 2.60. The van der Waals surface area contributed by atoms with Crippen LogP contribution in [-0.2, 0) is 13.0 Å². The molecule has 6 nitrogen and oxygen atoms in total. The van der Waals surface area contributed by atoms with Crippen LogP contribution in [0.5, 0.6) is 5.75 Å². The number of benzene rings is 1. The lowest BCUT2D eigenvalue weighted by molar-refractivity contribution is 0.405. The van der Waals surface area contributed by atoms with Gasteiger partial charge in [-0.25, -0.2) is 0 Å². The predicted molar refractivity (Wildman–Crippen MR) is 67.5 cm³/mol. The number of hydrogen-bond acceptors (Lipinski definition) is 5. The van der Waals surface area contributed by atoms with Crippen LogP contribution in [0.15, 0.2) is 24.3 Å². The van der Waals surface area contributed by atoms with Gasteiger partial charge in [0.15, 0.2) is 5.82 Å². The van der Waals surface area contributed by atoms with E-state index in [9.17, 15) is 0 Å². The summed E-state index contributed by atoms with van der Waals surface area (Å²) in [6.45, 7) is 1.41. The lowest BCUT2D eigenvalue weighted by Gasteiger charge is -2.06. The number of ether oxygens (including phenoxy) is 1. The van der Waals surface area contributed by atoms with Gasteiger partial charge in [0.05, 0.1) is 13.7 Å². The van der Waals surface area contributed by atoms with Crippen LogP contribution >= 0.6 is 0 Å². The zero-order valence-corrected chi connectivity index (χ0v) is 10.6. The van der Waals surface area contributed by atoms with Gasteiger partial charge in [0.1, 0.15) is 5.75 Å². The molecule has 0 aliphatic heterocycles. The molecule has 1 heterocycles. The molecule has 0 radical (unpaired) electrons. The van der Waals surface area contributed by atoms with Gasteiger partial charge in [0.25, 0.3) is 0 Å². The Balaban J connectivity index is 2.06. The first-order chi connectivity index (χ1) is 8.83. The largest absolute Gasteiger partial charge is 0.496 e. The standard InChI is InChI=1S/C12H17N5O/c1-13-8-7-12-14-16-17(15-12)9-10-5-3-4-6-11(10)18-2/h3-6,13H,7-9H2,1-2H3. The Morgan fingerprint density at radius 2 is 2.17 bits per heavy atom. The van der Waals surface area contributed by atoms with Crippen molar-refractivity contribution < 1.29 is 4.74 Å². The first-order valence-electron chi connectivity index (χ1n) is 5.86. The molecule has 1 aromatic carbocycles. The second-order valence-electron chi connectivity index (χ2n) is 3.90. The van der Waals surface area contributed by atoms with Gasteiger partial charge in [-0.1, -0.05) is 18.2 Å². The maximum Gasteiger partial charge on any atom is 0.176 e. The van der Waals surface area contributed by atoms with E-state index in [-0.39, 0.29) is 0 Å². The topological polar surface area (TPSA) is 64.9 Å². The smallest absolute Gasteiger partial charge is 0.176 e. The second-order valence-corrected chi connectivity index (χ2v) is 3.90. The van der Waals surface area contributed by atoms with E-state index in [2.05, 4.69) is 20.7 Å². The first-order valence-corrected chi connectivity index (χ1v) is 5.86. The van der Waals surface area contributed by atoms with Crippen LogP contribution in [0.2, 0.25) is 0 Å². The van der Waals surface area contributed by atoms with Gasteiger partial charge in [-0.15, -0.1) is 10.2 Å². The van der Waals surface area contributed by atoms with Crippen molar-refractivity contribution in [1.29, 1.82) is 0 Å². The van der Waals surface area contributed by atoms with Crippen molar-refractivity contribution >= 4 is 0 Å². The van der Waals surface area contributed by atoms with E-state index in [1.54, 1.807) is 11.9 Å². The molecule has 2 aromatic rings. The van der Waals surface area contributed by atoms with Crippen LogP contribution in [0.4, 0.5) is 0 Å². The third-order valence-corrected chi connectivity index (χ3v) is 2.60. The summed E-state index contributed by atoms with van der Waals surface area (Å²) >= 11 is 0. The average molecular weight is 247 g/mol. The molecule has 0 saturated heterocycles. The van der Waals surface area contributed by atoms with Crippen molar-refractivity contribution in [2.45, 2.75) is 13.0 Å². The van der Waals surface area contributed by atoms with Crippen molar-refractivity contribution in [3.63, 3.8) is 0 Å². The molecule has 0 aliphatic carbocycles. The van der Waals surface area contributed by atoms with Crippen molar-refractivity contribution in [1.82, 2.24) is 25.5 Å². The van der Waals surface area contributed by atoms with E-state index in [0.29, 0.717) is 6.54 Å². The monoisotopic (exact) mass is 247 g/mol. The van der Waals surface area contributed by atoms with Crippen LogP contribution in [0.25, 0.3) is 0 Å². The van der Waals surface area contributed by atoms with E-state index < -0.39 is 0 Å². The lowest BCUT2D eigenvalue weighted by Crippen LogP contribution is -2.11. The fraction of sp³-hybridized carbons (Fsp3) is 0.417. The molecule has 0 aliphatic rings. The Morgan fingerprint density at radius 1 is 1.33 bits per heavy atom. The number of hydrogen-bond donors (Lipinski definition) is 1. The molecule has 1 N–H and O–H groups in total. The highest BCUT2D eigenvalue weighted by Gasteiger charge is 2.06. The predicted octanol–water partition coefficient (Wildman–Crippen LogP) is 0.492. The summed E-state index contributed by atoms with van der Waals surface area (Å²) in [6.07, 6.45) is 0.780.